The lowest BCUT2D eigenvalue weighted by Crippen LogP contribution is -2.42. The highest BCUT2D eigenvalue weighted by molar-refractivity contribution is 14.0. The molecule has 2 saturated heterocycles. The summed E-state index contributed by atoms with van der Waals surface area (Å²) < 4.78 is 7.84. The van der Waals surface area contributed by atoms with E-state index in [1.165, 1.54) is 38.1 Å². The van der Waals surface area contributed by atoms with Gasteiger partial charge < -0.3 is 19.5 Å². The fraction of sp³-hybridized carbons (Fsp3) is 0.864. The van der Waals surface area contributed by atoms with Gasteiger partial charge in [0.2, 0.25) is 0 Å². The lowest BCUT2D eigenvalue weighted by molar-refractivity contribution is 0.0315. The molecule has 0 radical (unpaired) electrons. The number of rotatable bonds is 7. The number of halogens is 1. The van der Waals surface area contributed by atoms with Crippen LogP contribution in [0.5, 0.6) is 0 Å². The molecule has 1 aromatic rings. The van der Waals surface area contributed by atoms with Crippen LogP contribution in [0, 0.1) is 5.92 Å². The van der Waals surface area contributed by atoms with E-state index in [1.54, 1.807) is 0 Å². The highest BCUT2D eigenvalue weighted by Crippen LogP contribution is 2.19. The molecule has 1 atom stereocenters. The van der Waals surface area contributed by atoms with Crippen LogP contribution in [0.4, 0.5) is 0 Å². The molecule has 4 rings (SSSR count). The summed E-state index contributed by atoms with van der Waals surface area (Å²) in [6.45, 7) is 12.3. The average molecular weight is 546 g/mol. The number of hydrogen-bond donors (Lipinski definition) is 1. The van der Waals surface area contributed by atoms with Gasteiger partial charge in [0.25, 0.3) is 0 Å². The number of likely N-dealkylation sites (tertiary alicyclic amines) is 1. The van der Waals surface area contributed by atoms with Gasteiger partial charge in [0.05, 0.1) is 13.2 Å². The van der Waals surface area contributed by atoms with E-state index < -0.39 is 0 Å². The lowest BCUT2D eigenvalue weighted by Gasteiger charge is -2.29. The van der Waals surface area contributed by atoms with Gasteiger partial charge in [0.15, 0.2) is 5.96 Å². The summed E-state index contributed by atoms with van der Waals surface area (Å²) in [7, 11) is 0. The van der Waals surface area contributed by atoms with Crippen molar-refractivity contribution in [3.63, 3.8) is 0 Å². The number of nitrogens with one attached hydrogen (secondary N) is 1. The molecule has 1 aromatic heterocycles. The minimum Gasteiger partial charge on any atom is -0.379 e. The third-order valence-electron chi connectivity index (χ3n) is 6.55. The highest BCUT2D eigenvalue weighted by Gasteiger charge is 2.27. The fourth-order valence-electron chi connectivity index (χ4n) is 4.90. The summed E-state index contributed by atoms with van der Waals surface area (Å²) in [4.78, 5) is 9.96. The quantitative estimate of drug-likeness (QED) is 0.245. The first kappa shape index (κ1) is 24.7. The number of aliphatic imine (C=N–C) groups is 1. The second kappa shape index (κ2) is 12.9. The normalized spacial score (nSPS) is 22.7. The van der Waals surface area contributed by atoms with Gasteiger partial charge in [-0.3, -0.25) is 9.89 Å². The van der Waals surface area contributed by atoms with Crippen LogP contribution in [0.3, 0.4) is 0 Å². The molecule has 0 bridgehead atoms. The Hall–Kier alpha value is -0.940. The number of guanidine groups is 1. The summed E-state index contributed by atoms with van der Waals surface area (Å²) in [5, 5.41) is 12.4. The second-order valence-electron chi connectivity index (χ2n) is 8.85. The van der Waals surface area contributed by atoms with Gasteiger partial charge in [-0.2, -0.15) is 0 Å². The number of hydrogen-bond acceptors (Lipinski definition) is 5. The molecule has 9 heteroatoms. The van der Waals surface area contributed by atoms with Crippen molar-refractivity contribution in [2.24, 2.45) is 10.9 Å². The Kier molecular flexibility index (Phi) is 10.3. The third-order valence-corrected chi connectivity index (χ3v) is 6.55. The summed E-state index contributed by atoms with van der Waals surface area (Å²) in [5.74, 6) is 4.15. The van der Waals surface area contributed by atoms with Gasteiger partial charge >= 0.3 is 0 Å². The second-order valence-corrected chi connectivity index (χ2v) is 8.85. The third kappa shape index (κ3) is 7.02. The standard InChI is InChI=1S/C22H39N7O.HI/c1-2-23-22(28-12-9-19(18-28)17-27-13-15-30-16-14-27)24-10-6-8-21-26-25-20-7-4-3-5-11-29(20)21;/h19H,2-18H2,1H3,(H,23,24);1H. The monoisotopic (exact) mass is 545 g/mol. The smallest absolute Gasteiger partial charge is 0.193 e. The van der Waals surface area contributed by atoms with E-state index in [4.69, 9.17) is 9.73 Å². The van der Waals surface area contributed by atoms with E-state index >= 15 is 0 Å². The summed E-state index contributed by atoms with van der Waals surface area (Å²) in [5.41, 5.74) is 0. The summed E-state index contributed by atoms with van der Waals surface area (Å²) in [6, 6.07) is 0. The van der Waals surface area contributed by atoms with E-state index in [0.29, 0.717) is 0 Å². The maximum atomic E-state index is 5.48. The van der Waals surface area contributed by atoms with Crippen LogP contribution in [0.2, 0.25) is 0 Å². The predicted octanol–water partition coefficient (Wildman–Crippen LogP) is 2.17. The molecule has 4 heterocycles. The molecule has 0 aliphatic carbocycles. The first-order chi connectivity index (χ1) is 14.8. The number of aromatic nitrogens is 3. The van der Waals surface area contributed by atoms with Crippen molar-refractivity contribution in [2.75, 3.05) is 59.0 Å². The molecular weight excluding hydrogens is 505 g/mol. The van der Waals surface area contributed by atoms with Crippen molar-refractivity contribution in [1.29, 1.82) is 0 Å². The molecule has 8 nitrogen and oxygen atoms in total. The zero-order valence-electron chi connectivity index (χ0n) is 19.1. The zero-order valence-corrected chi connectivity index (χ0v) is 21.4. The SMILES string of the molecule is CCNC(=NCCCc1nnc2n1CCCCC2)N1CCC(CN2CCOCC2)C1.I. The van der Waals surface area contributed by atoms with E-state index in [9.17, 15) is 0 Å². The van der Waals surface area contributed by atoms with Crippen LogP contribution in [-0.4, -0.2) is 89.6 Å². The van der Waals surface area contributed by atoms with Crippen LogP contribution in [-0.2, 0) is 24.1 Å². The Labute approximate surface area is 204 Å². The van der Waals surface area contributed by atoms with Crippen LogP contribution < -0.4 is 5.32 Å². The maximum absolute atomic E-state index is 5.48. The molecule has 0 spiro atoms. The first-order valence-corrected chi connectivity index (χ1v) is 12.1. The minimum atomic E-state index is 0. The Morgan fingerprint density at radius 3 is 2.84 bits per heavy atom. The molecule has 3 aliphatic rings. The number of fused-ring (bicyclic) bond motifs is 1. The molecule has 0 saturated carbocycles. The van der Waals surface area contributed by atoms with Crippen LogP contribution in [0.25, 0.3) is 0 Å². The van der Waals surface area contributed by atoms with Gasteiger partial charge in [-0.1, -0.05) is 6.42 Å². The molecule has 1 unspecified atom stereocenters. The minimum absolute atomic E-state index is 0. The van der Waals surface area contributed by atoms with Crippen molar-refractivity contribution in [3.05, 3.63) is 11.6 Å². The maximum Gasteiger partial charge on any atom is 0.193 e. The molecule has 3 aliphatic heterocycles. The van der Waals surface area contributed by atoms with Crippen molar-refractivity contribution < 1.29 is 4.74 Å². The topological polar surface area (TPSA) is 70.8 Å². The molecule has 176 valence electrons. The number of nitrogens with zero attached hydrogens (tertiary/aromatic N) is 6. The first-order valence-electron chi connectivity index (χ1n) is 12.1. The Morgan fingerprint density at radius 2 is 2.00 bits per heavy atom. The molecular formula is C22H40IN7O. The fourth-order valence-corrected chi connectivity index (χ4v) is 4.90. The number of morpholine rings is 1. The van der Waals surface area contributed by atoms with E-state index in [1.807, 2.05) is 0 Å². The molecule has 2 fully saturated rings. The van der Waals surface area contributed by atoms with Gasteiger partial charge in [-0.25, -0.2) is 0 Å². The number of aryl methyl sites for hydroxylation is 2. The summed E-state index contributed by atoms with van der Waals surface area (Å²) >= 11 is 0. The van der Waals surface area contributed by atoms with Crippen molar-refractivity contribution in [2.45, 2.75) is 58.4 Å². The van der Waals surface area contributed by atoms with Crippen molar-refractivity contribution in [3.8, 4) is 0 Å². The lowest BCUT2D eigenvalue weighted by atomic mass is 10.1. The van der Waals surface area contributed by atoms with Crippen molar-refractivity contribution >= 4 is 29.9 Å². The number of ether oxygens (including phenoxy) is 1. The Balaban J connectivity index is 0.00000272. The van der Waals surface area contributed by atoms with Crippen LogP contribution in [0.15, 0.2) is 4.99 Å². The molecule has 0 amide bonds. The van der Waals surface area contributed by atoms with E-state index in [0.717, 1.165) is 96.0 Å². The zero-order chi connectivity index (χ0) is 20.6. The van der Waals surface area contributed by atoms with Crippen LogP contribution >= 0.6 is 24.0 Å². The van der Waals surface area contributed by atoms with Crippen LogP contribution in [0.1, 0.15) is 50.7 Å². The van der Waals surface area contributed by atoms with Gasteiger partial charge in [0, 0.05) is 65.2 Å². The molecule has 1 N–H and O–H groups in total. The predicted molar refractivity (Wildman–Crippen MR) is 134 cm³/mol. The van der Waals surface area contributed by atoms with Gasteiger partial charge in [0.1, 0.15) is 11.6 Å². The van der Waals surface area contributed by atoms with Gasteiger partial charge in [-0.15, -0.1) is 34.2 Å². The highest BCUT2D eigenvalue weighted by atomic mass is 127. The Bertz CT molecular complexity index is 689. The average Bonchev–Trinajstić information content (AvgIpc) is 3.31. The van der Waals surface area contributed by atoms with Gasteiger partial charge in [-0.05, 0) is 38.5 Å². The largest absolute Gasteiger partial charge is 0.379 e. The molecule has 0 aromatic carbocycles. The van der Waals surface area contributed by atoms with Crippen molar-refractivity contribution in [1.82, 2.24) is 29.9 Å². The van der Waals surface area contributed by atoms with E-state index in [-0.39, 0.29) is 24.0 Å². The summed E-state index contributed by atoms with van der Waals surface area (Å²) in [6.07, 6.45) is 8.14. The Morgan fingerprint density at radius 1 is 1.13 bits per heavy atom. The molecule has 31 heavy (non-hydrogen) atoms. The van der Waals surface area contributed by atoms with E-state index in [2.05, 4.69) is 36.8 Å².